The second kappa shape index (κ2) is 6.63. The summed E-state index contributed by atoms with van der Waals surface area (Å²) in [5, 5.41) is 0. The third kappa shape index (κ3) is 4.37. The smallest absolute Gasteiger partial charge is 0.308 e. The van der Waals surface area contributed by atoms with Gasteiger partial charge in [0.05, 0.1) is 12.5 Å². The lowest BCUT2D eigenvalue weighted by molar-refractivity contribution is -0.147. The molecule has 2 atom stereocenters. The molecule has 1 aliphatic rings. The van der Waals surface area contributed by atoms with E-state index in [4.69, 9.17) is 4.74 Å². The Hall–Kier alpha value is -1.05. The fourth-order valence-electron chi connectivity index (χ4n) is 2.28. The normalized spacial score (nSPS) is 21.6. The molecule has 17 heavy (non-hydrogen) atoms. The van der Waals surface area contributed by atoms with Gasteiger partial charge >= 0.3 is 5.97 Å². The molecule has 0 aromatic carbocycles. The molecule has 1 rings (SSSR count). The second-order valence-electron chi connectivity index (χ2n) is 5.04. The number of hydrogen-bond donors (Lipinski definition) is 0. The first kappa shape index (κ1) is 14.0. The molecule has 0 saturated heterocycles. The van der Waals surface area contributed by atoms with Crippen LogP contribution in [0, 0.1) is 11.8 Å². The van der Waals surface area contributed by atoms with Crippen molar-refractivity contribution in [3.05, 3.63) is 23.8 Å². The molecule has 96 valence electrons. The van der Waals surface area contributed by atoms with Crippen LogP contribution < -0.4 is 0 Å². The van der Waals surface area contributed by atoms with E-state index < -0.39 is 0 Å². The molecule has 0 aliphatic heterocycles. The molecule has 0 spiro atoms. The summed E-state index contributed by atoms with van der Waals surface area (Å²) in [5.41, 5.74) is 2.68. The minimum absolute atomic E-state index is 0.0115. The number of allylic oxidation sites excluding steroid dienone is 3. The lowest BCUT2D eigenvalue weighted by Crippen LogP contribution is -2.16. The van der Waals surface area contributed by atoms with Crippen molar-refractivity contribution in [3.8, 4) is 0 Å². The summed E-state index contributed by atoms with van der Waals surface area (Å²) in [6.07, 6.45) is 6.50. The molecule has 0 bridgehead atoms. The maximum Gasteiger partial charge on any atom is 0.308 e. The van der Waals surface area contributed by atoms with Gasteiger partial charge in [-0.15, -0.1) is 0 Å². The molecule has 0 radical (unpaired) electrons. The largest absolute Gasteiger partial charge is 0.466 e. The van der Waals surface area contributed by atoms with Crippen LogP contribution >= 0.6 is 0 Å². The number of carbonyl (C=O) groups is 1. The second-order valence-corrected chi connectivity index (χ2v) is 5.04. The van der Waals surface area contributed by atoms with Crippen LogP contribution in [0.3, 0.4) is 0 Å². The van der Waals surface area contributed by atoms with Gasteiger partial charge in [0.1, 0.15) is 0 Å². The van der Waals surface area contributed by atoms with Crippen LogP contribution in [0.4, 0.5) is 0 Å². The summed E-state index contributed by atoms with van der Waals surface area (Å²) in [6, 6.07) is 0. The lowest BCUT2D eigenvalue weighted by atomic mass is 9.83. The molecule has 1 aliphatic carbocycles. The van der Waals surface area contributed by atoms with Crippen molar-refractivity contribution in [2.24, 2.45) is 11.8 Å². The van der Waals surface area contributed by atoms with Crippen LogP contribution in [0.2, 0.25) is 0 Å². The van der Waals surface area contributed by atoms with Gasteiger partial charge in [-0.3, -0.25) is 4.79 Å². The molecule has 0 saturated carbocycles. The van der Waals surface area contributed by atoms with Gasteiger partial charge in [-0.25, -0.2) is 0 Å². The first-order valence-electron chi connectivity index (χ1n) is 6.54. The van der Waals surface area contributed by atoms with Gasteiger partial charge in [0.15, 0.2) is 0 Å². The van der Waals surface area contributed by atoms with Crippen LogP contribution in [0.15, 0.2) is 23.8 Å². The highest BCUT2D eigenvalue weighted by Crippen LogP contribution is 2.31. The monoisotopic (exact) mass is 236 g/mol. The number of hydrogen-bond acceptors (Lipinski definition) is 2. The Kier molecular flexibility index (Phi) is 5.46. The maximum atomic E-state index is 11.5. The first-order valence-corrected chi connectivity index (χ1v) is 6.54. The minimum Gasteiger partial charge on any atom is -0.466 e. The lowest BCUT2D eigenvalue weighted by Gasteiger charge is -2.23. The average Bonchev–Trinajstić information content (AvgIpc) is 2.30. The van der Waals surface area contributed by atoms with Gasteiger partial charge in [0.25, 0.3) is 0 Å². The first-order chi connectivity index (χ1) is 8.04. The molecular weight excluding hydrogens is 212 g/mol. The van der Waals surface area contributed by atoms with Crippen molar-refractivity contribution in [2.45, 2.75) is 46.5 Å². The van der Waals surface area contributed by atoms with Crippen LogP contribution in [0.1, 0.15) is 46.5 Å². The van der Waals surface area contributed by atoms with Gasteiger partial charge in [-0.05, 0) is 45.4 Å². The summed E-state index contributed by atoms with van der Waals surface area (Å²) < 4.78 is 5.02. The van der Waals surface area contributed by atoms with Crippen LogP contribution in [0.25, 0.3) is 0 Å². The molecule has 0 N–H and O–H groups in total. The number of rotatable bonds is 5. The molecule has 2 heteroatoms. The van der Waals surface area contributed by atoms with Gasteiger partial charge in [-0.1, -0.05) is 30.7 Å². The van der Waals surface area contributed by atoms with Gasteiger partial charge < -0.3 is 4.74 Å². The van der Waals surface area contributed by atoms with E-state index in [0.29, 0.717) is 12.5 Å². The molecule has 1 unspecified atom stereocenters. The van der Waals surface area contributed by atoms with Crippen molar-refractivity contribution < 1.29 is 9.53 Å². The SMILES string of the molecule is C=C(C)[C@@H]1CC=C(CC(C)C(=O)OCC)CC1. The van der Waals surface area contributed by atoms with Crippen molar-refractivity contribution in [1.29, 1.82) is 0 Å². The topological polar surface area (TPSA) is 26.3 Å². The van der Waals surface area contributed by atoms with Crippen molar-refractivity contribution in [3.63, 3.8) is 0 Å². The fourth-order valence-corrected chi connectivity index (χ4v) is 2.28. The highest BCUT2D eigenvalue weighted by molar-refractivity contribution is 5.72. The van der Waals surface area contributed by atoms with Gasteiger partial charge in [-0.2, -0.15) is 0 Å². The zero-order chi connectivity index (χ0) is 12.8. The molecule has 0 aromatic rings. The number of carbonyl (C=O) groups excluding carboxylic acids is 1. The predicted molar refractivity (Wildman–Crippen MR) is 70.7 cm³/mol. The Morgan fingerprint density at radius 1 is 1.65 bits per heavy atom. The quantitative estimate of drug-likeness (QED) is 0.535. The summed E-state index contributed by atoms with van der Waals surface area (Å²) in [7, 11) is 0. The standard InChI is InChI=1S/C15H24O2/c1-5-17-15(16)12(4)10-13-6-8-14(9-7-13)11(2)3/h6,12,14H,2,5,7-10H2,1,3-4H3/t12?,14-/m1/s1. The molecule has 0 heterocycles. The third-order valence-electron chi connectivity index (χ3n) is 3.46. The van der Waals surface area contributed by atoms with Crippen LogP contribution in [-0.2, 0) is 9.53 Å². The Morgan fingerprint density at radius 3 is 2.82 bits per heavy atom. The van der Waals surface area contributed by atoms with E-state index in [-0.39, 0.29) is 11.9 Å². The van der Waals surface area contributed by atoms with E-state index in [0.717, 1.165) is 19.3 Å². The average molecular weight is 236 g/mol. The summed E-state index contributed by atoms with van der Waals surface area (Å²) in [5.74, 6) is 0.551. The fraction of sp³-hybridized carbons (Fsp3) is 0.667. The maximum absolute atomic E-state index is 11.5. The van der Waals surface area contributed by atoms with Crippen molar-refractivity contribution in [1.82, 2.24) is 0 Å². The number of ether oxygens (including phenoxy) is 1. The third-order valence-corrected chi connectivity index (χ3v) is 3.46. The van der Waals surface area contributed by atoms with Gasteiger partial charge in [0, 0.05) is 0 Å². The highest BCUT2D eigenvalue weighted by atomic mass is 16.5. The molecular formula is C15H24O2. The Labute approximate surface area is 105 Å². The zero-order valence-corrected chi connectivity index (χ0v) is 11.3. The van der Waals surface area contributed by atoms with E-state index in [9.17, 15) is 4.79 Å². The van der Waals surface area contributed by atoms with E-state index >= 15 is 0 Å². The van der Waals surface area contributed by atoms with E-state index in [1.165, 1.54) is 17.6 Å². The Morgan fingerprint density at radius 2 is 2.35 bits per heavy atom. The zero-order valence-electron chi connectivity index (χ0n) is 11.3. The summed E-state index contributed by atoms with van der Waals surface area (Å²) in [4.78, 5) is 11.5. The number of esters is 1. The molecule has 0 aromatic heterocycles. The molecule has 0 amide bonds. The Bertz CT molecular complexity index is 315. The van der Waals surface area contributed by atoms with E-state index in [1.807, 2.05) is 13.8 Å². The molecule has 0 fully saturated rings. The summed E-state index contributed by atoms with van der Waals surface area (Å²) in [6.45, 7) is 10.4. The van der Waals surface area contributed by atoms with Crippen LogP contribution in [-0.4, -0.2) is 12.6 Å². The predicted octanol–water partition coefficient (Wildman–Crippen LogP) is 3.88. The molecule has 2 nitrogen and oxygen atoms in total. The van der Waals surface area contributed by atoms with E-state index in [2.05, 4.69) is 19.6 Å². The van der Waals surface area contributed by atoms with E-state index in [1.54, 1.807) is 0 Å². The Balaban J connectivity index is 2.43. The summed E-state index contributed by atoms with van der Waals surface area (Å²) >= 11 is 0. The van der Waals surface area contributed by atoms with Crippen molar-refractivity contribution >= 4 is 5.97 Å². The highest BCUT2D eigenvalue weighted by Gasteiger charge is 2.19. The van der Waals surface area contributed by atoms with Gasteiger partial charge in [0.2, 0.25) is 0 Å². The van der Waals surface area contributed by atoms with Crippen LogP contribution in [0.5, 0.6) is 0 Å². The minimum atomic E-state index is -0.0737. The van der Waals surface area contributed by atoms with Crippen molar-refractivity contribution in [2.75, 3.05) is 6.61 Å².